The summed E-state index contributed by atoms with van der Waals surface area (Å²) in [6.07, 6.45) is 1.39. The molecule has 5 nitrogen and oxygen atoms in total. The number of hydrogen-bond acceptors (Lipinski definition) is 5. The van der Waals surface area contributed by atoms with Crippen LogP contribution in [0.15, 0.2) is 11.4 Å². The molecule has 0 atom stereocenters. The normalized spacial score (nSPS) is 16.4. The third-order valence-electron chi connectivity index (χ3n) is 2.63. The van der Waals surface area contributed by atoms with E-state index in [0.717, 1.165) is 0 Å². The molecule has 17 heavy (non-hydrogen) atoms. The number of hydrogen-bond donors (Lipinski definition) is 2. The highest BCUT2D eigenvalue weighted by molar-refractivity contribution is 7.14. The van der Waals surface area contributed by atoms with Crippen molar-refractivity contribution in [3.63, 3.8) is 0 Å². The predicted octanol–water partition coefficient (Wildman–Crippen LogP) is 1.35. The minimum atomic E-state index is -0.740. The van der Waals surface area contributed by atoms with E-state index in [1.807, 2.05) is 0 Å². The molecular formula is C11H14N2O3S. The average Bonchev–Trinajstić information content (AvgIpc) is 2.88. The van der Waals surface area contributed by atoms with Crippen molar-refractivity contribution in [2.24, 2.45) is 5.73 Å². The molecule has 1 aliphatic carbocycles. The minimum Gasteiger partial charge on any atom is -0.462 e. The van der Waals surface area contributed by atoms with Crippen molar-refractivity contribution in [1.82, 2.24) is 0 Å². The quantitative estimate of drug-likeness (QED) is 0.795. The number of nitrogens with one attached hydrogen (secondary N) is 1. The molecule has 0 spiro atoms. The molecule has 1 amide bonds. The van der Waals surface area contributed by atoms with E-state index in [1.54, 1.807) is 18.4 Å². The molecule has 92 valence electrons. The van der Waals surface area contributed by atoms with E-state index in [4.69, 9.17) is 10.5 Å². The first-order valence-electron chi connectivity index (χ1n) is 5.42. The molecule has 1 saturated carbocycles. The maximum absolute atomic E-state index is 11.7. The summed E-state index contributed by atoms with van der Waals surface area (Å²) in [5.41, 5.74) is 5.41. The lowest BCUT2D eigenvalue weighted by molar-refractivity contribution is -0.118. The van der Waals surface area contributed by atoms with Crippen LogP contribution in [0.1, 0.15) is 30.1 Å². The van der Waals surface area contributed by atoms with Gasteiger partial charge in [0.05, 0.1) is 17.7 Å². The van der Waals surface area contributed by atoms with Crippen molar-refractivity contribution >= 4 is 28.2 Å². The Labute approximate surface area is 103 Å². The largest absolute Gasteiger partial charge is 0.462 e. The number of thiophene rings is 1. The lowest BCUT2D eigenvalue weighted by atomic mass is 10.2. The molecule has 1 aromatic heterocycles. The van der Waals surface area contributed by atoms with Gasteiger partial charge in [-0.2, -0.15) is 0 Å². The molecule has 0 aliphatic heterocycles. The summed E-state index contributed by atoms with van der Waals surface area (Å²) in [5, 5.41) is 4.92. The zero-order valence-electron chi connectivity index (χ0n) is 9.49. The van der Waals surface area contributed by atoms with Crippen LogP contribution in [-0.4, -0.2) is 24.0 Å². The van der Waals surface area contributed by atoms with Crippen LogP contribution in [0.25, 0.3) is 0 Å². The maximum Gasteiger partial charge on any atom is 0.341 e. The minimum absolute atomic E-state index is 0.231. The van der Waals surface area contributed by atoms with Gasteiger partial charge >= 0.3 is 5.97 Å². The number of amides is 1. The molecule has 0 radical (unpaired) electrons. The maximum atomic E-state index is 11.7. The van der Waals surface area contributed by atoms with Gasteiger partial charge in [-0.05, 0) is 31.2 Å². The lowest BCUT2D eigenvalue weighted by Gasteiger charge is -2.09. The Hall–Kier alpha value is -1.40. The molecule has 6 heteroatoms. The monoisotopic (exact) mass is 254 g/mol. The average molecular weight is 254 g/mol. The number of ether oxygens (including phenoxy) is 1. The van der Waals surface area contributed by atoms with Gasteiger partial charge in [0, 0.05) is 0 Å². The van der Waals surface area contributed by atoms with Gasteiger partial charge in [0.2, 0.25) is 5.91 Å². The first-order valence-corrected chi connectivity index (χ1v) is 6.30. The van der Waals surface area contributed by atoms with E-state index in [1.165, 1.54) is 11.3 Å². The van der Waals surface area contributed by atoms with Crippen molar-refractivity contribution in [2.45, 2.75) is 25.3 Å². The zero-order valence-corrected chi connectivity index (χ0v) is 10.3. The molecule has 1 aromatic rings. The van der Waals surface area contributed by atoms with Gasteiger partial charge in [-0.25, -0.2) is 4.79 Å². The van der Waals surface area contributed by atoms with Crippen LogP contribution in [-0.2, 0) is 9.53 Å². The summed E-state index contributed by atoms with van der Waals surface area (Å²) in [4.78, 5) is 23.3. The second kappa shape index (κ2) is 4.46. The Morgan fingerprint density at radius 2 is 2.29 bits per heavy atom. The number of nitrogens with two attached hydrogens (primary N) is 1. The van der Waals surface area contributed by atoms with Crippen molar-refractivity contribution in [1.29, 1.82) is 0 Å². The molecular weight excluding hydrogens is 240 g/mol. The van der Waals surface area contributed by atoms with Gasteiger partial charge in [-0.15, -0.1) is 11.3 Å². The van der Waals surface area contributed by atoms with Gasteiger partial charge in [-0.1, -0.05) is 0 Å². The van der Waals surface area contributed by atoms with Crippen molar-refractivity contribution < 1.29 is 14.3 Å². The van der Waals surface area contributed by atoms with E-state index in [9.17, 15) is 9.59 Å². The first-order chi connectivity index (χ1) is 8.07. The van der Waals surface area contributed by atoms with Crippen LogP contribution in [0.3, 0.4) is 0 Å². The number of rotatable bonds is 4. The SMILES string of the molecule is CCOC(=O)c1ccsc1NC(=O)C1(N)CC1. The fourth-order valence-corrected chi connectivity index (χ4v) is 2.14. The Bertz CT molecular complexity index is 451. The smallest absolute Gasteiger partial charge is 0.341 e. The molecule has 1 aliphatic rings. The van der Waals surface area contributed by atoms with Gasteiger partial charge in [0.15, 0.2) is 0 Å². The van der Waals surface area contributed by atoms with Crippen LogP contribution in [0.2, 0.25) is 0 Å². The van der Waals surface area contributed by atoms with Gasteiger partial charge in [-0.3, -0.25) is 4.79 Å². The van der Waals surface area contributed by atoms with Gasteiger partial charge in [0.1, 0.15) is 5.00 Å². The molecule has 2 rings (SSSR count). The molecule has 1 heterocycles. The summed E-state index contributed by atoms with van der Waals surface area (Å²) in [7, 11) is 0. The van der Waals surface area contributed by atoms with Crippen molar-refractivity contribution in [2.75, 3.05) is 11.9 Å². The number of carbonyl (C=O) groups is 2. The topological polar surface area (TPSA) is 81.4 Å². The van der Waals surface area contributed by atoms with E-state index in [-0.39, 0.29) is 5.91 Å². The molecule has 0 saturated heterocycles. The third kappa shape index (κ3) is 2.48. The number of anilines is 1. The predicted molar refractivity (Wildman–Crippen MR) is 65.1 cm³/mol. The van der Waals surface area contributed by atoms with Crippen molar-refractivity contribution in [3.8, 4) is 0 Å². The Morgan fingerprint density at radius 1 is 1.59 bits per heavy atom. The van der Waals surface area contributed by atoms with Crippen LogP contribution in [0.5, 0.6) is 0 Å². The Kier molecular flexibility index (Phi) is 3.17. The molecule has 1 fully saturated rings. The zero-order chi connectivity index (χ0) is 12.5. The van der Waals surface area contributed by atoms with Gasteiger partial charge in [0.25, 0.3) is 0 Å². The molecule has 0 bridgehead atoms. The van der Waals surface area contributed by atoms with E-state index >= 15 is 0 Å². The summed E-state index contributed by atoms with van der Waals surface area (Å²) < 4.78 is 4.89. The van der Waals surface area contributed by atoms with Crippen molar-refractivity contribution in [3.05, 3.63) is 17.0 Å². The molecule has 3 N–H and O–H groups in total. The number of esters is 1. The second-order valence-corrected chi connectivity index (χ2v) is 4.91. The number of carbonyl (C=O) groups excluding carboxylic acids is 2. The molecule has 0 unspecified atom stereocenters. The van der Waals surface area contributed by atoms with Crippen LogP contribution in [0, 0.1) is 0 Å². The van der Waals surface area contributed by atoms with E-state index in [2.05, 4.69) is 5.32 Å². The summed E-state index contributed by atoms with van der Waals surface area (Å²) in [5.74, 6) is -0.656. The summed E-state index contributed by atoms with van der Waals surface area (Å²) in [6, 6.07) is 1.63. The van der Waals surface area contributed by atoms with E-state index < -0.39 is 11.5 Å². The van der Waals surface area contributed by atoms with Crippen LogP contribution in [0.4, 0.5) is 5.00 Å². The highest BCUT2D eigenvalue weighted by Gasteiger charge is 2.46. The highest BCUT2D eigenvalue weighted by Crippen LogP contribution is 2.34. The van der Waals surface area contributed by atoms with Crippen LogP contribution >= 0.6 is 11.3 Å². The van der Waals surface area contributed by atoms with Gasteiger partial charge < -0.3 is 15.8 Å². The lowest BCUT2D eigenvalue weighted by Crippen LogP contribution is -2.37. The first kappa shape index (κ1) is 12.1. The highest BCUT2D eigenvalue weighted by atomic mass is 32.1. The fraction of sp³-hybridized carbons (Fsp3) is 0.455. The molecule has 0 aromatic carbocycles. The fourth-order valence-electron chi connectivity index (χ4n) is 1.36. The van der Waals surface area contributed by atoms with E-state index in [0.29, 0.717) is 30.0 Å². The summed E-state index contributed by atoms with van der Waals surface area (Å²) >= 11 is 1.29. The van der Waals surface area contributed by atoms with Crippen LogP contribution < -0.4 is 11.1 Å². The Morgan fingerprint density at radius 3 is 2.88 bits per heavy atom. The summed E-state index contributed by atoms with van der Waals surface area (Å²) in [6.45, 7) is 2.05. The standard InChI is InChI=1S/C11H14N2O3S/c1-2-16-9(14)7-3-6-17-8(7)13-10(15)11(12)4-5-11/h3,6H,2,4-5,12H2,1H3,(H,13,15). The third-order valence-corrected chi connectivity index (χ3v) is 3.46. The second-order valence-electron chi connectivity index (χ2n) is 3.99. The Balaban J connectivity index is 2.09.